The van der Waals surface area contributed by atoms with Gasteiger partial charge in [-0.1, -0.05) is 0 Å². The normalized spacial score (nSPS) is 24.3. The summed E-state index contributed by atoms with van der Waals surface area (Å²) in [5, 5.41) is 11.7. The van der Waals surface area contributed by atoms with Crippen LogP contribution in [-0.4, -0.2) is 36.2 Å². The summed E-state index contributed by atoms with van der Waals surface area (Å²) in [7, 11) is 1.63. The third-order valence-corrected chi connectivity index (χ3v) is 3.86. The highest BCUT2D eigenvalue weighted by molar-refractivity contribution is 6.04. The van der Waals surface area contributed by atoms with Gasteiger partial charge in [-0.25, -0.2) is 0 Å². The van der Waals surface area contributed by atoms with E-state index in [9.17, 15) is 9.59 Å². The van der Waals surface area contributed by atoms with E-state index in [1.165, 1.54) is 0 Å². The number of ether oxygens (including phenoxy) is 1. The maximum Gasteiger partial charge on any atom is 0.319 e. The molecule has 0 saturated heterocycles. The molecule has 0 aliphatic heterocycles. The molecule has 0 unspecified atom stereocenters. The van der Waals surface area contributed by atoms with Crippen LogP contribution in [0, 0.1) is 5.41 Å². The number of rotatable bonds is 5. The lowest BCUT2D eigenvalue weighted by molar-refractivity contribution is -0.150. The fourth-order valence-corrected chi connectivity index (χ4v) is 2.10. The van der Waals surface area contributed by atoms with E-state index < -0.39 is 11.4 Å². The Morgan fingerprint density at radius 3 is 2.25 bits per heavy atom. The van der Waals surface area contributed by atoms with E-state index in [2.05, 4.69) is 5.32 Å². The number of carboxylic acids is 1. The van der Waals surface area contributed by atoms with E-state index in [0.29, 0.717) is 19.4 Å². The highest BCUT2D eigenvalue weighted by Gasteiger charge is 2.57. The van der Waals surface area contributed by atoms with E-state index in [1.54, 1.807) is 7.11 Å². The van der Waals surface area contributed by atoms with Crippen LogP contribution in [0.5, 0.6) is 0 Å². The zero-order valence-electron chi connectivity index (χ0n) is 9.41. The van der Waals surface area contributed by atoms with Gasteiger partial charge in [-0.2, -0.15) is 0 Å². The van der Waals surface area contributed by atoms with Crippen LogP contribution in [0.25, 0.3) is 0 Å². The fourth-order valence-electron chi connectivity index (χ4n) is 2.10. The van der Waals surface area contributed by atoms with Crippen LogP contribution >= 0.6 is 0 Å². The molecular weight excluding hydrogens is 210 g/mol. The number of amides is 1. The van der Waals surface area contributed by atoms with Crippen LogP contribution in [0.1, 0.15) is 32.1 Å². The summed E-state index contributed by atoms with van der Waals surface area (Å²) in [5.74, 6) is -1.37. The first-order valence-corrected chi connectivity index (χ1v) is 5.62. The van der Waals surface area contributed by atoms with Crippen molar-refractivity contribution >= 4 is 11.9 Å². The molecule has 16 heavy (non-hydrogen) atoms. The Kier molecular flexibility index (Phi) is 2.66. The standard InChI is InChI=1S/C11H17NO4/c1-16-10(3-2-4-10)7-12-8(13)11(5-6-11)9(14)15/h2-7H2,1H3,(H,12,13)(H,14,15). The lowest BCUT2D eigenvalue weighted by Gasteiger charge is -2.40. The number of carbonyl (C=O) groups excluding carboxylic acids is 1. The molecule has 5 nitrogen and oxygen atoms in total. The van der Waals surface area contributed by atoms with Gasteiger partial charge in [0.1, 0.15) is 5.41 Å². The number of hydrogen-bond acceptors (Lipinski definition) is 3. The second kappa shape index (κ2) is 3.73. The zero-order valence-corrected chi connectivity index (χ0v) is 9.41. The quantitative estimate of drug-likeness (QED) is 0.672. The smallest absolute Gasteiger partial charge is 0.319 e. The Morgan fingerprint density at radius 2 is 1.94 bits per heavy atom. The largest absolute Gasteiger partial charge is 0.480 e. The summed E-state index contributed by atoms with van der Waals surface area (Å²) in [6.07, 6.45) is 3.88. The number of carbonyl (C=O) groups is 2. The van der Waals surface area contributed by atoms with Gasteiger partial charge in [-0.15, -0.1) is 0 Å². The van der Waals surface area contributed by atoms with Crippen LogP contribution in [0.4, 0.5) is 0 Å². The fraction of sp³-hybridized carbons (Fsp3) is 0.818. The number of methoxy groups -OCH3 is 1. The first-order chi connectivity index (χ1) is 7.55. The highest BCUT2D eigenvalue weighted by atomic mass is 16.5. The Bertz CT molecular complexity index is 312. The van der Waals surface area contributed by atoms with Gasteiger partial charge in [0.25, 0.3) is 0 Å². The molecule has 2 saturated carbocycles. The van der Waals surface area contributed by atoms with Crippen molar-refractivity contribution in [1.82, 2.24) is 5.32 Å². The van der Waals surface area contributed by atoms with Crippen molar-refractivity contribution in [3.05, 3.63) is 0 Å². The summed E-state index contributed by atoms with van der Waals surface area (Å²) in [6, 6.07) is 0. The van der Waals surface area contributed by atoms with Crippen LogP contribution in [0.2, 0.25) is 0 Å². The molecule has 90 valence electrons. The molecule has 5 heteroatoms. The van der Waals surface area contributed by atoms with E-state index in [-0.39, 0.29) is 11.5 Å². The minimum atomic E-state index is -1.14. The first kappa shape index (κ1) is 11.4. The molecule has 0 aromatic carbocycles. The molecule has 0 aromatic rings. The lowest BCUT2D eigenvalue weighted by Crippen LogP contribution is -2.51. The predicted octanol–water partition coefficient (Wildman–Crippen LogP) is 0.536. The summed E-state index contributed by atoms with van der Waals surface area (Å²) in [6.45, 7) is 0.428. The zero-order chi connectivity index (χ0) is 11.8. The van der Waals surface area contributed by atoms with Crippen LogP contribution in [0.15, 0.2) is 0 Å². The van der Waals surface area contributed by atoms with Crippen molar-refractivity contribution in [2.75, 3.05) is 13.7 Å². The third kappa shape index (κ3) is 1.69. The summed E-state index contributed by atoms with van der Waals surface area (Å²) >= 11 is 0. The van der Waals surface area contributed by atoms with E-state index in [4.69, 9.17) is 9.84 Å². The number of hydrogen-bond donors (Lipinski definition) is 2. The molecule has 0 radical (unpaired) electrons. The van der Waals surface area contributed by atoms with Gasteiger partial charge in [0, 0.05) is 13.7 Å². The summed E-state index contributed by atoms with van der Waals surface area (Å²) < 4.78 is 5.36. The Labute approximate surface area is 94.2 Å². The minimum absolute atomic E-state index is 0.246. The maximum absolute atomic E-state index is 11.7. The molecule has 0 spiro atoms. The molecule has 0 aromatic heterocycles. The van der Waals surface area contributed by atoms with Crippen molar-refractivity contribution in [2.45, 2.75) is 37.7 Å². The second-order valence-electron chi connectivity index (χ2n) is 4.81. The number of nitrogens with one attached hydrogen (secondary N) is 1. The molecule has 2 N–H and O–H groups in total. The number of aliphatic carboxylic acids is 1. The lowest BCUT2D eigenvalue weighted by atomic mass is 9.80. The summed E-state index contributed by atoms with van der Waals surface area (Å²) in [4.78, 5) is 22.6. The molecule has 0 atom stereocenters. The SMILES string of the molecule is COC1(CNC(=O)C2(C(=O)O)CC2)CCC1. The van der Waals surface area contributed by atoms with Crippen LogP contribution in [0.3, 0.4) is 0 Å². The maximum atomic E-state index is 11.7. The van der Waals surface area contributed by atoms with Gasteiger partial charge < -0.3 is 15.2 Å². The Hall–Kier alpha value is -1.10. The molecule has 1 amide bonds. The third-order valence-electron chi connectivity index (χ3n) is 3.86. The minimum Gasteiger partial charge on any atom is -0.480 e. The van der Waals surface area contributed by atoms with E-state index >= 15 is 0 Å². The van der Waals surface area contributed by atoms with Gasteiger partial charge in [0.2, 0.25) is 5.91 Å². The van der Waals surface area contributed by atoms with Crippen molar-refractivity contribution in [2.24, 2.45) is 5.41 Å². The van der Waals surface area contributed by atoms with Gasteiger partial charge in [-0.3, -0.25) is 9.59 Å². The van der Waals surface area contributed by atoms with Gasteiger partial charge >= 0.3 is 5.97 Å². The highest BCUT2D eigenvalue weighted by Crippen LogP contribution is 2.46. The molecule has 0 bridgehead atoms. The van der Waals surface area contributed by atoms with Crippen molar-refractivity contribution in [3.8, 4) is 0 Å². The monoisotopic (exact) mass is 227 g/mol. The molecule has 2 aliphatic rings. The van der Waals surface area contributed by atoms with Crippen LogP contribution < -0.4 is 5.32 Å². The van der Waals surface area contributed by atoms with Crippen LogP contribution in [-0.2, 0) is 14.3 Å². The number of carboxylic acid groups (broad SMARTS) is 1. The first-order valence-electron chi connectivity index (χ1n) is 5.62. The van der Waals surface area contributed by atoms with Gasteiger partial charge in [0.05, 0.1) is 5.60 Å². The molecule has 2 rings (SSSR count). The molecular formula is C11H17NO4. The van der Waals surface area contributed by atoms with Crippen molar-refractivity contribution in [3.63, 3.8) is 0 Å². The summed E-state index contributed by atoms with van der Waals surface area (Å²) in [5.41, 5.74) is -1.39. The predicted molar refractivity (Wildman–Crippen MR) is 55.9 cm³/mol. The molecule has 0 heterocycles. The average Bonchev–Trinajstić information content (AvgIpc) is 2.97. The van der Waals surface area contributed by atoms with Crippen molar-refractivity contribution < 1.29 is 19.4 Å². The average molecular weight is 227 g/mol. The topological polar surface area (TPSA) is 75.6 Å². The molecule has 2 aliphatic carbocycles. The molecule has 2 fully saturated rings. The Morgan fingerprint density at radius 1 is 1.31 bits per heavy atom. The second-order valence-corrected chi connectivity index (χ2v) is 4.81. The van der Waals surface area contributed by atoms with Crippen molar-refractivity contribution in [1.29, 1.82) is 0 Å². The van der Waals surface area contributed by atoms with Gasteiger partial charge in [-0.05, 0) is 32.1 Å². The van der Waals surface area contributed by atoms with E-state index in [1.807, 2.05) is 0 Å². The van der Waals surface area contributed by atoms with E-state index in [0.717, 1.165) is 19.3 Å². The van der Waals surface area contributed by atoms with Gasteiger partial charge in [0.15, 0.2) is 0 Å². The Balaban J connectivity index is 1.87.